The lowest BCUT2D eigenvalue weighted by Crippen LogP contribution is -1.99. The minimum absolute atomic E-state index is 0.0534. The molecule has 0 aliphatic rings. The molecular weight excluding hydrogens is 123 g/mol. The summed E-state index contributed by atoms with van der Waals surface area (Å²) in [6, 6.07) is 0. The summed E-state index contributed by atoms with van der Waals surface area (Å²) in [5.74, 6) is 0.125. The molecule has 1 aromatic heterocycles. The van der Waals surface area contributed by atoms with Gasteiger partial charge >= 0.3 is 0 Å². The standard InChI is InChI=1S/C4H5FN4/c5-1-3-7-2-8-4(6)9-3/h2H,1H2,(H2,6,7,8,9). The van der Waals surface area contributed by atoms with Crippen molar-refractivity contribution < 1.29 is 4.39 Å². The van der Waals surface area contributed by atoms with Gasteiger partial charge in [0.1, 0.15) is 13.0 Å². The quantitative estimate of drug-likeness (QED) is 0.574. The van der Waals surface area contributed by atoms with Gasteiger partial charge in [-0.15, -0.1) is 0 Å². The van der Waals surface area contributed by atoms with E-state index in [1.165, 1.54) is 6.33 Å². The van der Waals surface area contributed by atoms with Crippen LogP contribution in [0, 0.1) is 0 Å². The molecule has 0 atom stereocenters. The topological polar surface area (TPSA) is 64.7 Å². The van der Waals surface area contributed by atoms with Crippen LogP contribution in [0.25, 0.3) is 0 Å². The number of aromatic nitrogens is 3. The SMILES string of the molecule is Nc1ncnc(CF)n1. The van der Waals surface area contributed by atoms with Crippen LogP contribution in [0.3, 0.4) is 0 Å². The van der Waals surface area contributed by atoms with Crippen molar-refractivity contribution in [1.82, 2.24) is 15.0 Å². The van der Waals surface area contributed by atoms with Crippen LogP contribution < -0.4 is 5.73 Å². The summed E-state index contributed by atoms with van der Waals surface area (Å²) in [6.45, 7) is -0.702. The summed E-state index contributed by atoms with van der Waals surface area (Å²) in [5.41, 5.74) is 5.11. The molecule has 1 aromatic rings. The van der Waals surface area contributed by atoms with Crippen molar-refractivity contribution in [2.45, 2.75) is 6.67 Å². The van der Waals surface area contributed by atoms with Gasteiger partial charge in [-0.2, -0.15) is 4.98 Å². The van der Waals surface area contributed by atoms with Crippen LogP contribution in [0.1, 0.15) is 5.82 Å². The molecule has 0 amide bonds. The summed E-state index contributed by atoms with van der Waals surface area (Å²) in [4.78, 5) is 10.4. The first kappa shape index (κ1) is 5.87. The van der Waals surface area contributed by atoms with Gasteiger partial charge in [-0.05, 0) is 0 Å². The van der Waals surface area contributed by atoms with Crippen molar-refractivity contribution in [2.75, 3.05) is 5.73 Å². The van der Waals surface area contributed by atoms with E-state index in [1.54, 1.807) is 0 Å². The van der Waals surface area contributed by atoms with E-state index in [9.17, 15) is 4.39 Å². The fraction of sp³-hybridized carbons (Fsp3) is 0.250. The van der Waals surface area contributed by atoms with E-state index in [2.05, 4.69) is 15.0 Å². The predicted molar refractivity (Wildman–Crippen MR) is 29.1 cm³/mol. The van der Waals surface area contributed by atoms with Crippen molar-refractivity contribution in [3.8, 4) is 0 Å². The van der Waals surface area contributed by atoms with Crippen LogP contribution in [-0.2, 0) is 6.67 Å². The monoisotopic (exact) mass is 128 g/mol. The number of hydrogen-bond donors (Lipinski definition) is 1. The Kier molecular flexibility index (Phi) is 1.53. The summed E-state index contributed by atoms with van der Waals surface area (Å²) in [7, 11) is 0. The Balaban J connectivity index is 2.94. The predicted octanol–water partition coefficient (Wildman–Crippen LogP) is -0.0767. The van der Waals surface area contributed by atoms with Crippen LogP contribution in [-0.4, -0.2) is 15.0 Å². The van der Waals surface area contributed by atoms with Crippen molar-refractivity contribution >= 4 is 5.95 Å². The third kappa shape index (κ3) is 1.31. The summed E-state index contributed by atoms with van der Waals surface area (Å²) >= 11 is 0. The van der Waals surface area contributed by atoms with Crippen molar-refractivity contribution in [3.05, 3.63) is 12.2 Å². The molecule has 0 fully saturated rings. The van der Waals surface area contributed by atoms with E-state index in [4.69, 9.17) is 5.73 Å². The number of nitrogens with two attached hydrogens (primary N) is 1. The Labute approximate surface area is 51.0 Å². The number of rotatable bonds is 1. The molecule has 4 nitrogen and oxygen atoms in total. The largest absolute Gasteiger partial charge is 0.368 e. The second-order valence-electron chi connectivity index (χ2n) is 1.39. The third-order valence-corrected chi connectivity index (χ3v) is 0.760. The summed E-state index contributed by atoms with van der Waals surface area (Å²) < 4.78 is 11.7. The van der Waals surface area contributed by atoms with Crippen LogP contribution in [0.5, 0.6) is 0 Å². The molecule has 1 rings (SSSR count). The molecule has 0 unspecified atom stereocenters. The Morgan fingerprint density at radius 3 is 2.78 bits per heavy atom. The van der Waals surface area contributed by atoms with Gasteiger partial charge in [-0.3, -0.25) is 0 Å². The molecule has 0 aromatic carbocycles. The van der Waals surface area contributed by atoms with Gasteiger partial charge in [0, 0.05) is 0 Å². The fourth-order valence-electron chi connectivity index (χ4n) is 0.409. The van der Waals surface area contributed by atoms with Gasteiger partial charge in [-0.1, -0.05) is 0 Å². The zero-order chi connectivity index (χ0) is 6.69. The zero-order valence-electron chi connectivity index (χ0n) is 4.58. The molecule has 1 heterocycles. The van der Waals surface area contributed by atoms with Crippen LogP contribution in [0.2, 0.25) is 0 Å². The molecule has 0 saturated heterocycles. The van der Waals surface area contributed by atoms with Crippen LogP contribution in [0.15, 0.2) is 6.33 Å². The van der Waals surface area contributed by atoms with E-state index in [1.807, 2.05) is 0 Å². The number of hydrogen-bond acceptors (Lipinski definition) is 4. The molecule has 0 aliphatic heterocycles. The summed E-state index contributed by atoms with van der Waals surface area (Å²) in [6.07, 6.45) is 1.18. The van der Waals surface area contributed by atoms with Crippen LogP contribution >= 0.6 is 0 Å². The maximum absolute atomic E-state index is 11.7. The van der Waals surface area contributed by atoms with E-state index in [0.29, 0.717) is 0 Å². The molecule has 0 radical (unpaired) electrons. The number of alkyl halides is 1. The molecule has 0 saturated carbocycles. The second kappa shape index (κ2) is 2.34. The van der Waals surface area contributed by atoms with E-state index < -0.39 is 6.67 Å². The highest BCUT2D eigenvalue weighted by atomic mass is 19.1. The molecule has 48 valence electrons. The van der Waals surface area contributed by atoms with E-state index in [-0.39, 0.29) is 11.8 Å². The average molecular weight is 128 g/mol. The average Bonchev–Trinajstić information content (AvgIpc) is 1.88. The Morgan fingerprint density at radius 1 is 1.56 bits per heavy atom. The Hall–Kier alpha value is -1.26. The highest BCUT2D eigenvalue weighted by molar-refractivity contribution is 5.11. The van der Waals surface area contributed by atoms with Crippen molar-refractivity contribution in [1.29, 1.82) is 0 Å². The highest BCUT2D eigenvalue weighted by Crippen LogP contribution is 1.92. The number of anilines is 1. The Morgan fingerprint density at radius 2 is 2.33 bits per heavy atom. The van der Waals surface area contributed by atoms with Gasteiger partial charge in [0.2, 0.25) is 5.95 Å². The first-order valence-electron chi connectivity index (χ1n) is 2.32. The lowest BCUT2D eigenvalue weighted by atomic mass is 10.7. The normalized spacial score (nSPS) is 9.44. The van der Waals surface area contributed by atoms with E-state index in [0.717, 1.165) is 0 Å². The minimum atomic E-state index is -0.702. The highest BCUT2D eigenvalue weighted by Gasteiger charge is 1.93. The van der Waals surface area contributed by atoms with Gasteiger partial charge in [-0.25, -0.2) is 14.4 Å². The molecule has 2 N–H and O–H groups in total. The van der Waals surface area contributed by atoms with Gasteiger partial charge < -0.3 is 5.73 Å². The minimum Gasteiger partial charge on any atom is -0.368 e. The lowest BCUT2D eigenvalue weighted by Gasteiger charge is -1.90. The summed E-state index contributed by atoms with van der Waals surface area (Å²) in [5, 5.41) is 0. The first-order chi connectivity index (χ1) is 4.33. The fourth-order valence-corrected chi connectivity index (χ4v) is 0.409. The molecule has 0 aliphatic carbocycles. The maximum atomic E-state index is 11.7. The molecular formula is C4H5FN4. The molecule has 0 spiro atoms. The number of nitrogens with zero attached hydrogens (tertiary/aromatic N) is 3. The maximum Gasteiger partial charge on any atom is 0.223 e. The van der Waals surface area contributed by atoms with Crippen molar-refractivity contribution in [3.63, 3.8) is 0 Å². The molecule has 5 heteroatoms. The van der Waals surface area contributed by atoms with Gasteiger partial charge in [0.25, 0.3) is 0 Å². The number of nitrogen functional groups attached to an aromatic ring is 1. The number of halogens is 1. The zero-order valence-corrected chi connectivity index (χ0v) is 4.58. The molecule has 0 bridgehead atoms. The van der Waals surface area contributed by atoms with Crippen LogP contribution in [0.4, 0.5) is 10.3 Å². The van der Waals surface area contributed by atoms with Gasteiger partial charge in [0.15, 0.2) is 5.82 Å². The van der Waals surface area contributed by atoms with Gasteiger partial charge in [0.05, 0.1) is 0 Å². The third-order valence-electron chi connectivity index (χ3n) is 0.760. The Bertz CT molecular complexity index is 202. The lowest BCUT2D eigenvalue weighted by molar-refractivity contribution is 0.464. The smallest absolute Gasteiger partial charge is 0.223 e. The first-order valence-corrected chi connectivity index (χ1v) is 2.32. The van der Waals surface area contributed by atoms with Crippen molar-refractivity contribution in [2.24, 2.45) is 0 Å². The second-order valence-corrected chi connectivity index (χ2v) is 1.39. The van der Waals surface area contributed by atoms with E-state index >= 15 is 0 Å². The molecule has 9 heavy (non-hydrogen) atoms.